The Morgan fingerprint density at radius 1 is 1.35 bits per heavy atom. The highest BCUT2D eigenvalue weighted by Crippen LogP contribution is 2.22. The fourth-order valence-electron chi connectivity index (χ4n) is 1.71. The number of hydrogen-bond donors (Lipinski definition) is 1. The van der Waals surface area contributed by atoms with Gasteiger partial charge in [-0.3, -0.25) is 0 Å². The molecule has 0 saturated carbocycles. The molecule has 0 radical (unpaired) electrons. The molecule has 6 heteroatoms. The second kappa shape index (κ2) is 5.16. The van der Waals surface area contributed by atoms with Crippen LogP contribution >= 0.6 is 12.2 Å². The fourth-order valence-corrected chi connectivity index (χ4v) is 2.21. The van der Waals surface area contributed by atoms with Crippen LogP contribution in [0.3, 0.4) is 0 Å². The van der Waals surface area contributed by atoms with E-state index in [0.29, 0.717) is 10.5 Å². The van der Waals surface area contributed by atoms with Gasteiger partial charge in [-0.2, -0.15) is 13.2 Å². The molecule has 0 amide bonds. The average molecular weight is 264 g/mol. The first-order valence-electron chi connectivity index (χ1n) is 5.37. The van der Waals surface area contributed by atoms with E-state index in [9.17, 15) is 13.2 Å². The Kier molecular flexibility index (Phi) is 4.30. The van der Waals surface area contributed by atoms with Gasteiger partial charge in [-0.05, 0) is 12.8 Å². The normalized spacial score (nSPS) is 12.2. The van der Waals surface area contributed by atoms with Gasteiger partial charge in [-0.25, -0.2) is 4.98 Å². The predicted octanol–water partition coefficient (Wildman–Crippen LogP) is 4.07. The van der Waals surface area contributed by atoms with E-state index in [-0.39, 0.29) is 12.3 Å². The lowest BCUT2D eigenvalue weighted by Gasteiger charge is -2.12. The molecule has 1 aromatic heterocycles. The van der Waals surface area contributed by atoms with Gasteiger partial charge >= 0.3 is 6.18 Å². The summed E-state index contributed by atoms with van der Waals surface area (Å²) in [5, 5.41) is 0. The van der Waals surface area contributed by atoms with Crippen LogP contribution in [0.15, 0.2) is 0 Å². The van der Waals surface area contributed by atoms with Crippen LogP contribution < -0.4 is 0 Å². The third-order valence-corrected chi connectivity index (χ3v) is 2.74. The number of halogens is 3. The molecule has 0 aliphatic carbocycles. The van der Waals surface area contributed by atoms with Crippen LogP contribution in [-0.4, -0.2) is 16.1 Å². The maximum absolute atomic E-state index is 12.1. The van der Waals surface area contributed by atoms with Crippen molar-refractivity contribution in [1.82, 2.24) is 9.97 Å². The van der Waals surface area contributed by atoms with E-state index in [1.54, 1.807) is 0 Å². The number of aryl methyl sites for hydroxylation is 2. The molecule has 0 bridgehead atoms. The van der Waals surface area contributed by atoms with Gasteiger partial charge in [0, 0.05) is 17.7 Å². The van der Waals surface area contributed by atoms with E-state index in [0.717, 1.165) is 11.3 Å². The Bertz CT molecular complexity index is 449. The van der Waals surface area contributed by atoms with E-state index in [4.69, 9.17) is 12.2 Å². The molecule has 1 rings (SSSR count). The van der Waals surface area contributed by atoms with Crippen molar-refractivity contribution >= 4 is 12.2 Å². The minimum absolute atomic E-state index is 0.160. The average Bonchev–Trinajstić information content (AvgIpc) is 2.11. The molecule has 0 aliphatic heterocycles. The number of nitrogens with one attached hydrogen (secondary N) is 1. The SMILES string of the molecule is Cc1[nH]c(CCC(F)(F)F)nc(=S)c1C(C)C. The van der Waals surface area contributed by atoms with Crippen LogP contribution in [0.25, 0.3) is 0 Å². The Labute approximate surface area is 103 Å². The van der Waals surface area contributed by atoms with Crippen molar-refractivity contribution in [3.8, 4) is 0 Å². The molecular weight excluding hydrogens is 249 g/mol. The minimum Gasteiger partial charge on any atom is -0.347 e. The number of rotatable bonds is 3. The van der Waals surface area contributed by atoms with Crippen molar-refractivity contribution in [3.63, 3.8) is 0 Å². The quantitative estimate of drug-likeness (QED) is 0.834. The first kappa shape index (κ1) is 14.2. The lowest BCUT2D eigenvalue weighted by Crippen LogP contribution is -2.11. The number of nitrogens with zero attached hydrogens (tertiary/aromatic N) is 1. The van der Waals surface area contributed by atoms with Gasteiger partial charge in [0.2, 0.25) is 0 Å². The first-order valence-corrected chi connectivity index (χ1v) is 5.78. The molecule has 96 valence electrons. The third-order valence-electron chi connectivity index (χ3n) is 2.43. The van der Waals surface area contributed by atoms with Crippen LogP contribution in [0.5, 0.6) is 0 Å². The highest BCUT2D eigenvalue weighted by molar-refractivity contribution is 7.71. The Hall–Kier alpha value is -0.910. The molecule has 0 aromatic carbocycles. The van der Waals surface area contributed by atoms with Gasteiger partial charge in [-0.15, -0.1) is 0 Å². The molecule has 1 heterocycles. The highest BCUT2D eigenvalue weighted by atomic mass is 32.1. The summed E-state index contributed by atoms with van der Waals surface area (Å²) in [5.74, 6) is 0.511. The lowest BCUT2D eigenvalue weighted by atomic mass is 10.0. The van der Waals surface area contributed by atoms with Crippen molar-refractivity contribution in [1.29, 1.82) is 0 Å². The van der Waals surface area contributed by atoms with E-state index in [1.807, 2.05) is 20.8 Å². The molecule has 0 fully saturated rings. The molecule has 0 spiro atoms. The molecule has 17 heavy (non-hydrogen) atoms. The van der Waals surface area contributed by atoms with E-state index in [2.05, 4.69) is 9.97 Å². The molecule has 1 N–H and O–H groups in total. The standard InChI is InChI=1S/C11H15F3N2S/c1-6(2)9-7(3)15-8(16-10(9)17)4-5-11(12,13)14/h6H,4-5H2,1-3H3,(H,15,16,17). The number of aromatic nitrogens is 2. The van der Waals surface area contributed by atoms with Crippen molar-refractivity contribution in [3.05, 3.63) is 21.7 Å². The van der Waals surface area contributed by atoms with Gasteiger partial charge in [0.05, 0.1) is 6.42 Å². The molecule has 1 aromatic rings. The predicted molar refractivity (Wildman–Crippen MR) is 62.6 cm³/mol. The summed E-state index contributed by atoms with van der Waals surface area (Å²) in [6, 6.07) is 0. The zero-order valence-corrected chi connectivity index (χ0v) is 10.8. The Morgan fingerprint density at radius 2 is 1.94 bits per heavy atom. The summed E-state index contributed by atoms with van der Waals surface area (Å²) in [5.41, 5.74) is 1.70. The number of hydrogen-bond acceptors (Lipinski definition) is 2. The van der Waals surface area contributed by atoms with E-state index < -0.39 is 12.6 Å². The van der Waals surface area contributed by atoms with Crippen molar-refractivity contribution < 1.29 is 13.2 Å². The van der Waals surface area contributed by atoms with Gasteiger partial charge in [-0.1, -0.05) is 26.1 Å². The number of aromatic amines is 1. The summed E-state index contributed by atoms with van der Waals surface area (Å²) < 4.78 is 36.6. The third kappa shape index (κ3) is 4.11. The van der Waals surface area contributed by atoms with Crippen molar-refractivity contribution in [2.45, 2.75) is 45.7 Å². The number of H-pyrrole nitrogens is 1. The Balaban J connectivity index is 2.96. The topological polar surface area (TPSA) is 28.7 Å². The van der Waals surface area contributed by atoms with Gasteiger partial charge in [0.25, 0.3) is 0 Å². The van der Waals surface area contributed by atoms with Crippen LogP contribution in [0, 0.1) is 11.6 Å². The van der Waals surface area contributed by atoms with Gasteiger partial charge in [0.1, 0.15) is 10.5 Å². The summed E-state index contributed by atoms with van der Waals surface area (Å²) in [4.78, 5) is 6.91. The monoisotopic (exact) mass is 264 g/mol. The van der Waals surface area contributed by atoms with Crippen LogP contribution in [0.4, 0.5) is 13.2 Å². The molecule has 0 saturated heterocycles. The van der Waals surface area contributed by atoms with Crippen LogP contribution in [0.1, 0.15) is 43.3 Å². The zero-order chi connectivity index (χ0) is 13.2. The Morgan fingerprint density at radius 3 is 2.35 bits per heavy atom. The van der Waals surface area contributed by atoms with Gasteiger partial charge in [0.15, 0.2) is 0 Å². The summed E-state index contributed by atoms with van der Waals surface area (Å²) >= 11 is 5.10. The molecule has 0 atom stereocenters. The van der Waals surface area contributed by atoms with Crippen LogP contribution in [0.2, 0.25) is 0 Å². The molecule has 2 nitrogen and oxygen atoms in total. The lowest BCUT2D eigenvalue weighted by molar-refractivity contribution is -0.134. The van der Waals surface area contributed by atoms with E-state index >= 15 is 0 Å². The summed E-state index contributed by atoms with van der Waals surface area (Å²) in [6.45, 7) is 5.76. The maximum Gasteiger partial charge on any atom is 0.389 e. The van der Waals surface area contributed by atoms with E-state index in [1.165, 1.54) is 0 Å². The largest absolute Gasteiger partial charge is 0.389 e. The number of alkyl halides is 3. The fraction of sp³-hybridized carbons (Fsp3) is 0.636. The highest BCUT2D eigenvalue weighted by Gasteiger charge is 2.27. The summed E-state index contributed by atoms with van der Waals surface area (Å²) in [6.07, 6.45) is -5.21. The second-order valence-electron chi connectivity index (χ2n) is 4.30. The first-order chi connectivity index (χ1) is 7.70. The molecule has 0 aliphatic rings. The zero-order valence-electron chi connectivity index (χ0n) is 9.98. The maximum atomic E-state index is 12.1. The molecule has 0 unspecified atom stereocenters. The minimum atomic E-state index is -4.16. The van der Waals surface area contributed by atoms with Crippen molar-refractivity contribution in [2.75, 3.05) is 0 Å². The molecular formula is C11H15F3N2S. The van der Waals surface area contributed by atoms with Crippen LogP contribution in [-0.2, 0) is 6.42 Å². The second-order valence-corrected chi connectivity index (χ2v) is 4.68. The smallest absolute Gasteiger partial charge is 0.347 e. The van der Waals surface area contributed by atoms with Gasteiger partial charge < -0.3 is 4.98 Å². The summed E-state index contributed by atoms with van der Waals surface area (Å²) in [7, 11) is 0. The van der Waals surface area contributed by atoms with Crippen molar-refractivity contribution in [2.24, 2.45) is 0 Å².